The lowest BCUT2D eigenvalue weighted by molar-refractivity contribution is -0.118. The highest BCUT2D eigenvalue weighted by Gasteiger charge is 2.16. The van der Waals surface area contributed by atoms with Gasteiger partial charge in [0.25, 0.3) is 0 Å². The minimum atomic E-state index is 0.319. The molecule has 0 fully saturated rings. The monoisotopic (exact) mass is 252 g/mol. The molecule has 0 bridgehead atoms. The molecular formula is C16H16N2O. The third-order valence-electron chi connectivity index (χ3n) is 3.41. The Bertz CT molecular complexity index is 593. The standard InChI is InChI=1S/C16H16N2O/c19-14-7-8-15-13(10-14)6-9-16(18-15)17-11-12-4-2-1-3-5-12/h1-6,9H,7-8,10-11H2,(H,17,18). The normalized spacial score (nSPS) is 14.0. The molecule has 3 heteroatoms. The Morgan fingerprint density at radius 2 is 1.89 bits per heavy atom. The van der Waals surface area contributed by atoms with E-state index in [0.29, 0.717) is 18.6 Å². The number of fused-ring (bicyclic) bond motifs is 1. The van der Waals surface area contributed by atoms with Crippen LogP contribution in [0.3, 0.4) is 0 Å². The van der Waals surface area contributed by atoms with Gasteiger partial charge in [-0.2, -0.15) is 0 Å². The minimum absolute atomic E-state index is 0.319. The zero-order valence-electron chi connectivity index (χ0n) is 10.7. The third kappa shape index (κ3) is 2.81. The molecule has 1 aliphatic rings. The number of aromatic nitrogens is 1. The van der Waals surface area contributed by atoms with E-state index in [1.165, 1.54) is 5.56 Å². The second-order valence-corrected chi connectivity index (χ2v) is 4.86. The zero-order valence-corrected chi connectivity index (χ0v) is 10.7. The van der Waals surface area contributed by atoms with Gasteiger partial charge >= 0.3 is 0 Å². The van der Waals surface area contributed by atoms with Crippen LogP contribution in [0.15, 0.2) is 42.5 Å². The number of hydrogen-bond acceptors (Lipinski definition) is 3. The molecule has 3 rings (SSSR count). The fraction of sp³-hybridized carbons (Fsp3) is 0.250. The molecule has 2 aromatic rings. The lowest BCUT2D eigenvalue weighted by Gasteiger charge is -2.15. The van der Waals surface area contributed by atoms with Crippen LogP contribution in [-0.4, -0.2) is 10.8 Å². The Kier molecular flexibility index (Phi) is 3.27. The van der Waals surface area contributed by atoms with Crippen LogP contribution in [0, 0.1) is 0 Å². The fourth-order valence-corrected chi connectivity index (χ4v) is 2.35. The van der Waals surface area contributed by atoms with Crippen molar-refractivity contribution in [2.45, 2.75) is 25.8 Å². The van der Waals surface area contributed by atoms with Crippen LogP contribution in [0.4, 0.5) is 5.82 Å². The van der Waals surface area contributed by atoms with Crippen molar-refractivity contribution >= 4 is 11.6 Å². The topological polar surface area (TPSA) is 42.0 Å². The number of carbonyl (C=O) groups excluding carboxylic acids is 1. The van der Waals surface area contributed by atoms with Gasteiger partial charge in [-0.15, -0.1) is 0 Å². The number of ketones is 1. The molecule has 3 nitrogen and oxygen atoms in total. The molecule has 19 heavy (non-hydrogen) atoms. The summed E-state index contributed by atoms with van der Waals surface area (Å²) in [4.78, 5) is 16.0. The predicted molar refractivity (Wildman–Crippen MR) is 75.0 cm³/mol. The molecule has 0 saturated heterocycles. The van der Waals surface area contributed by atoms with Crippen LogP contribution in [0.25, 0.3) is 0 Å². The number of rotatable bonds is 3. The molecule has 0 radical (unpaired) electrons. The van der Waals surface area contributed by atoms with Crippen molar-refractivity contribution < 1.29 is 4.79 Å². The summed E-state index contributed by atoms with van der Waals surface area (Å²) in [6.07, 6.45) is 1.94. The Balaban J connectivity index is 1.71. The summed E-state index contributed by atoms with van der Waals surface area (Å²) in [5, 5.41) is 3.33. The van der Waals surface area contributed by atoms with E-state index in [1.54, 1.807) is 0 Å². The number of benzene rings is 1. The van der Waals surface area contributed by atoms with Gasteiger partial charge in [0, 0.05) is 25.1 Å². The van der Waals surface area contributed by atoms with Crippen LogP contribution in [0.2, 0.25) is 0 Å². The molecule has 1 aromatic heterocycles. The molecule has 0 spiro atoms. The van der Waals surface area contributed by atoms with Crippen molar-refractivity contribution in [1.82, 2.24) is 4.98 Å². The number of nitrogens with one attached hydrogen (secondary N) is 1. The first-order valence-corrected chi connectivity index (χ1v) is 6.59. The van der Waals surface area contributed by atoms with Gasteiger partial charge in [0.15, 0.2) is 0 Å². The summed E-state index contributed by atoms with van der Waals surface area (Å²) in [7, 11) is 0. The molecule has 96 valence electrons. The van der Waals surface area contributed by atoms with Crippen LogP contribution in [-0.2, 0) is 24.2 Å². The maximum absolute atomic E-state index is 11.4. The summed E-state index contributed by atoms with van der Waals surface area (Å²) in [6.45, 7) is 0.769. The van der Waals surface area contributed by atoms with Gasteiger partial charge in [-0.3, -0.25) is 4.79 Å². The van der Waals surface area contributed by atoms with E-state index in [1.807, 2.05) is 30.3 Å². The van der Waals surface area contributed by atoms with Crippen molar-refractivity contribution in [3.63, 3.8) is 0 Å². The smallest absolute Gasteiger partial charge is 0.137 e. The quantitative estimate of drug-likeness (QED) is 0.913. The average Bonchev–Trinajstić information content (AvgIpc) is 2.46. The molecule has 1 N–H and O–H groups in total. The lowest BCUT2D eigenvalue weighted by Crippen LogP contribution is -2.15. The second kappa shape index (κ2) is 5.22. The van der Waals surface area contributed by atoms with Crippen LogP contribution >= 0.6 is 0 Å². The number of hydrogen-bond donors (Lipinski definition) is 1. The molecule has 0 saturated carbocycles. The number of aryl methyl sites for hydroxylation is 1. The van der Waals surface area contributed by atoms with E-state index < -0.39 is 0 Å². The molecule has 0 amide bonds. The van der Waals surface area contributed by atoms with Crippen LogP contribution in [0.5, 0.6) is 0 Å². The van der Waals surface area contributed by atoms with Gasteiger partial charge in [-0.1, -0.05) is 36.4 Å². The highest BCUT2D eigenvalue weighted by molar-refractivity contribution is 5.83. The van der Waals surface area contributed by atoms with Crippen molar-refractivity contribution in [1.29, 1.82) is 0 Å². The van der Waals surface area contributed by atoms with Crippen LogP contribution in [0.1, 0.15) is 23.2 Å². The average molecular weight is 252 g/mol. The summed E-state index contributed by atoms with van der Waals surface area (Å²) in [5.74, 6) is 1.20. The van der Waals surface area contributed by atoms with E-state index in [9.17, 15) is 4.79 Å². The Morgan fingerprint density at radius 3 is 2.74 bits per heavy atom. The number of pyridine rings is 1. The van der Waals surface area contributed by atoms with Gasteiger partial charge < -0.3 is 5.32 Å². The molecule has 0 unspecified atom stereocenters. The van der Waals surface area contributed by atoms with Crippen molar-refractivity contribution in [3.05, 3.63) is 59.3 Å². The highest BCUT2D eigenvalue weighted by atomic mass is 16.1. The van der Waals surface area contributed by atoms with Gasteiger partial charge in [0.2, 0.25) is 0 Å². The lowest BCUT2D eigenvalue weighted by atomic mass is 9.95. The number of nitrogens with zero attached hydrogens (tertiary/aromatic N) is 1. The first-order valence-electron chi connectivity index (χ1n) is 6.59. The van der Waals surface area contributed by atoms with E-state index in [-0.39, 0.29) is 0 Å². The summed E-state index contributed by atoms with van der Waals surface area (Å²) < 4.78 is 0. The Hall–Kier alpha value is -2.16. The minimum Gasteiger partial charge on any atom is -0.366 e. The van der Waals surface area contributed by atoms with Crippen molar-refractivity contribution in [2.24, 2.45) is 0 Å². The fourth-order valence-electron chi connectivity index (χ4n) is 2.35. The summed E-state index contributed by atoms with van der Waals surface area (Å²) in [5.41, 5.74) is 3.39. The first kappa shape index (κ1) is 11.9. The highest BCUT2D eigenvalue weighted by Crippen LogP contribution is 2.19. The van der Waals surface area contributed by atoms with E-state index in [0.717, 1.165) is 30.0 Å². The Labute approximate surface area is 112 Å². The summed E-state index contributed by atoms with van der Waals surface area (Å²) >= 11 is 0. The van der Waals surface area contributed by atoms with Gasteiger partial charge in [0.05, 0.1) is 0 Å². The SMILES string of the molecule is O=C1CCc2nc(NCc3ccccc3)ccc2C1. The molecule has 0 aliphatic heterocycles. The van der Waals surface area contributed by atoms with Crippen molar-refractivity contribution in [3.8, 4) is 0 Å². The van der Waals surface area contributed by atoms with E-state index in [4.69, 9.17) is 0 Å². The molecule has 1 heterocycles. The zero-order chi connectivity index (χ0) is 13.1. The molecule has 1 aliphatic carbocycles. The molecular weight excluding hydrogens is 236 g/mol. The second-order valence-electron chi connectivity index (χ2n) is 4.86. The number of Topliss-reactive ketones (excluding diaryl/α,β-unsaturated/α-hetero) is 1. The first-order chi connectivity index (χ1) is 9.31. The van der Waals surface area contributed by atoms with Gasteiger partial charge in [-0.25, -0.2) is 4.98 Å². The van der Waals surface area contributed by atoms with Crippen LogP contribution < -0.4 is 5.32 Å². The molecule has 1 aromatic carbocycles. The third-order valence-corrected chi connectivity index (χ3v) is 3.41. The van der Waals surface area contributed by atoms with Gasteiger partial charge in [0.1, 0.15) is 11.6 Å². The van der Waals surface area contributed by atoms with E-state index in [2.05, 4.69) is 22.4 Å². The van der Waals surface area contributed by atoms with Crippen molar-refractivity contribution in [2.75, 3.05) is 5.32 Å². The number of carbonyl (C=O) groups is 1. The molecule has 0 atom stereocenters. The maximum Gasteiger partial charge on any atom is 0.137 e. The van der Waals surface area contributed by atoms with E-state index >= 15 is 0 Å². The number of anilines is 1. The predicted octanol–water partition coefficient (Wildman–Crippen LogP) is 2.75. The largest absolute Gasteiger partial charge is 0.366 e. The Morgan fingerprint density at radius 1 is 1.05 bits per heavy atom. The summed E-state index contributed by atoms with van der Waals surface area (Å²) in [6, 6.07) is 14.2. The van der Waals surface area contributed by atoms with Gasteiger partial charge in [-0.05, 0) is 23.6 Å². The maximum atomic E-state index is 11.4.